The average Bonchev–Trinajstić information content (AvgIpc) is 2.91. The van der Waals surface area contributed by atoms with Crippen molar-refractivity contribution in [1.29, 1.82) is 0 Å². The fourth-order valence-electron chi connectivity index (χ4n) is 1.74. The maximum atomic E-state index is 12.6. The van der Waals surface area contributed by atoms with Gasteiger partial charge in [0.1, 0.15) is 10.8 Å². The first-order chi connectivity index (χ1) is 9.43. The largest absolute Gasteiger partial charge is 0.389 e. The smallest absolute Gasteiger partial charge is 0.243 e. The number of rotatable bonds is 5. The number of benzene rings is 1. The van der Waals surface area contributed by atoms with Crippen molar-refractivity contribution in [3.05, 3.63) is 48.0 Å². The third-order valence-electron chi connectivity index (χ3n) is 2.77. The van der Waals surface area contributed by atoms with Gasteiger partial charge >= 0.3 is 0 Å². The van der Waals surface area contributed by atoms with Crippen LogP contribution in [0.4, 0.5) is 0 Å². The molecule has 1 heterocycles. The zero-order valence-corrected chi connectivity index (χ0v) is 12.4. The maximum absolute atomic E-state index is 12.6. The first kappa shape index (κ1) is 14.6. The van der Waals surface area contributed by atoms with Crippen molar-refractivity contribution in [3.8, 4) is 0 Å². The highest BCUT2D eigenvalue weighted by molar-refractivity contribution is 7.89. The molecule has 106 valence electrons. The molecule has 0 saturated carbocycles. The average molecular weight is 310 g/mol. The third-order valence-corrected chi connectivity index (χ3v) is 4.85. The molecule has 3 N–H and O–H groups in total. The van der Waals surface area contributed by atoms with Gasteiger partial charge in [0, 0.05) is 25.0 Å². The molecule has 0 radical (unpaired) electrons. The summed E-state index contributed by atoms with van der Waals surface area (Å²) in [5.74, 6) is 0.559. The minimum atomic E-state index is -3.68. The molecule has 0 aliphatic rings. The second kappa shape index (κ2) is 5.70. The molecule has 0 fully saturated rings. The van der Waals surface area contributed by atoms with Gasteiger partial charge < -0.3 is 10.7 Å². The molecule has 0 aliphatic carbocycles. The number of hydrogen-bond acceptors (Lipinski definition) is 4. The maximum Gasteiger partial charge on any atom is 0.243 e. The zero-order valence-electron chi connectivity index (χ0n) is 10.8. The van der Waals surface area contributed by atoms with Crippen molar-refractivity contribution in [2.45, 2.75) is 11.4 Å². The summed E-state index contributed by atoms with van der Waals surface area (Å²) in [4.78, 5) is 7.02. The molecule has 0 bridgehead atoms. The number of aromatic amines is 1. The number of H-pyrrole nitrogens is 1. The van der Waals surface area contributed by atoms with Gasteiger partial charge in [-0.05, 0) is 6.07 Å². The van der Waals surface area contributed by atoms with Crippen LogP contribution in [0.2, 0.25) is 0 Å². The van der Waals surface area contributed by atoms with Gasteiger partial charge in [0.15, 0.2) is 0 Å². The van der Waals surface area contributed by atoms with Gasteiger partial charge in [-0.3, -0.25) is 0 Å². The molecule has 6 nitrogen and oxygen atoms in total. The lowest BCUT2D eigenvalue weighted by atomic mass is 10.2. The van der Waals surface area contributed by atoms with E-state index >= 15 is 0 Å². The van der Waals surface area contributed by atoms with Crippen LogP contribution in [0.25, 0.3) is 0 Å². The summed E-state index contributed by atoms with van der Waals surface area (Å²) in [6.07, 6.45) is 3.21. The predicted octanol–water partition coefficient (Wildman–Crippen LogP) is 0.865. The van der Waals surface area contributed by atoms with Gasteiger partial charge in [0.2, 0.25) is 10.0 Å². The number of nitrogens with two attached hydrogens (primary N) is 1. The molecule has 1 aromatic heterocycles. The Kier molecular flexibility index (Phi) is 4.17. The van der Waals surface area contributed by atoms with E-state index in [4.69, 9.17) is 18.0 Å². The molecule has 0 unspecified atom stereocenters. The number of nitrogens with one attached hydrogen (secondary N) is 1. The molecule has 0 saturated heterocycles. The summed E-state index contributed by atoms with van der Waals surface area (Å²) in [5, 5.41) is 0. The van der Waals surface area contributed by atoms with Crippen LogP contribution >= 0.6 is 12.2 Å². The third kappa shape index (κ3) is 2.87. The first-order valence-corrected chi connectivity index (χ1v) is 7.61. The molecular weight excluding hydrogens is 296 g/mol. The topological polar surface area (TPSA) is 92.1 Å². The Balaban J connectivity index is 2.37. The molecule has 8 heteroatoms. The summed E-state index contributed by atoms with van der Waals surface area (Å²) in [5.41, 5.74) is 5.92. The van der Waals surface area contributed by atoms with Gasteiger partial charge in [-0.2, -0.15) is 4.31 Å². The number of thiocarbonyl (C=S) groups is 1. The van der Waals surface area contributed by atoms with Crippen molar-refractivity contribution in [2.75, 3.05) is 7.05 Å². The van der Waals surface area contributed by atoms with Crippen molar-refractivity contribution in [1.82, 2.24) is 14.3 Å². The molecule has 2 rings (SSSR count). The van der Waals surface area contributed by atoms with Crippen LogP contribution < -0.4 is 5.73 Å². The number of aromatic nitrogens is 2. The van der Waals surface area contributed by atoms with Gasteiger partial charge in [-0.1, -0.05) is 30.4 Å². The van der Waals surface area contributed by atoms with Gasteiger partial charge in [0.25, 0.3) is 0 Å². The fourth-order valence-corrected chi connectivity index (χ4v) is 3.32. The molecule has 20 heavy (non-hydrogen) atoms. The zero-order chi connectivity index (χ0) is 14.8. The van der Waals surface area contributed by atoms with E-state index in [1.807, 2.05) is 0 Å². The Morgan fingerprint density at radius 2 is 2.15 bits per heavy atom. The highest BCUT2D eigenvalue weighted by Crippen LogP contribution is 2.20. The van der Waals surface area contributed by atoms with Crippen LogP contribution in [0.3, 0.4) is 0 Å². The Hall–Kier alpha value is -1.77. The molecule has 0 atom stereocenters. The van der Waals surface area contributed by atoms with Crippen molar-refractivity contribution < 1.29 is 8.42 Å². The number of hydrogen-bond donors (Lipinski definition) is 2. The predicted molar refractivity (Wildman–Crippen MR) is 79.6 cm³/mol. The highest BCUT2D eigenvalue weighted by atomic mass is 32.2. The Bertz CT molecular complexity index is 711. The van der Waals surface area contributed by atoms with Gasteiger partial charge in [0.05, 0.1) is 11.4 Å². The van der Waals surface area contributed by atoms with Crippen LogP contribution in [-0.4, -0.2) is 34.7 Å². The van der Waals surface area contributed by atoms with E-state index in [2.05, 4.69) is 9.97 Å². The Morgan fingerprint density at radius 1 is 1.45 bits per heavy atom. The summed E-state index contributed by atoms with van der Waals surface area (Å²) in [7, 11) is -2.20. The van der Waals surface area contributed by atoms with E-state index in [0.29, 0.717) is 11.4 Å². The van der Waals surface area contributed by atoms with Crippen LogP contribution in [0.15, 0.2) is 41.6 Å². The minimum Gasteiger partial charge on any atom is -0.389 e. The van der Waals surface area contributed by atoms with Crippen LogP contribution in [0.1, 0.15) is 11.4 Å². The van der Waals surface area contributed by atoms with Crippen LogP contribution in [0.5, 0.6) is 0 Å². The lowest BCUT2D eigenvalue weighted by Gasteiger charge is -2.18. The van der Waals surface area contributed by atoms with E-state index in [1.54, 1.807) is 30.6 Å². The second-order valence-corrected chi connectivity index (χ2v) is 6.61. The van der Waals surface area contributed by atoms with E-state index in [-0.39, 0.29) is 16.4 Å². The quantitative estimate of drug-likeness (QED) is 0.799. The van der Waals surface area contributed by atoms with Crippen molar-refractivity contribution >= 4 is 27.2 Å². The SMILES string of the molecule is CN(Cc1ncc[nH]1)S(=O)(=O)c1ccccc1C(N)=S. The number of sulfonamides is 1. The Morgan fingerprint density at radius 3 is 2.75 bits per heavy atom. The standard InChI is InChI=1S/C12H14N4O2S2/c1-16(8-11-14-6-7-15-11)20(17,18)10-5-3-2-4-9(10)12(13)19/h2-7H,8H2,1H3,(H2,13,19)(H,14,15). The molecular formula is C12H14N4O2S2. The summed E-state index contributed by atoms with van der Waals surface area (Å²) in [6.45, 7) is 0.140. The molecule has 1 aromatic carbocycles. The first-order valence-electron chi connectivity index (χ1n) is 5.76. The summed E-state index contributed by atoms with van der Waals surface area (Å²) < 4.78 is 26.3. The van der Waals surface area contributed by atoms with E-state index in [9.17, 15) is 8.42 Å². The number of nitrogens with zero attached hydrogens (tertiary/aromatic N) is 2. The van der Waals surface area contributed by atoms with Gasteiger partial charge in [-0.15, -0.1) is 0 Å². The fraction of sp³-hybridized carbons (Fsp3) is 0.167. The van der Waals surface area contributed by atoms with E-state index in [1.165, 1.54) is 17.4 Å². The highest BCUT2D eigenvalue weighted by Gasteiger charge is 2.25. The lowest BCUT2D eigenvalue weighted by molar-refractivity contribution is 0.458. The lowest BCUT2D eigenvalue weighted by Crippen LogP contribution is -2.29. The van der Waals surface area contributed by atoms with Crippen LogP contribution in [-0.2, 0) is 16.6 Å². The van der Waals surface area contributed by atoms with E-state index < -0.39 is 10.0 Å². The molecule has 2 aromatic rings. The summed E-state index contributed by atoms with van der Waals surface area (Å²) >= 11 is 4.90. The Labute approximate surface area is 122 Å². The van der Waals surface area contributed by atoms with Crippen LogP contribution in [0, 0.1) is 0 Å². The van der Waals surface area contributed by atoms with E-state index in [0.717, 1.165) is 0 Å². The monoisotopic (exact) mass is 310 g/mol. The molecule has 0 amide bonds. The van der Waals surface area contributed by atoms with Crippen molar-refractivity contribution in [2.24, 2.45) is 5.73 Å². The van der Waals surface area contributed by atoms with Gasteiger partial charge in [-0.25, -0.2) is 13.4 Å². The minimum absolute atomic E-state index is 0.0515. The normalized spacial score (nSPS) is 11.7. The van der Waals surface area contributed by atoms with Crippen molar-refractivity contribution in [3.63, 3.8) is 0 Å². The molecule has 0 aliphatic heterocycles. The summed E-state index contributed by atoms with van der Waals surface area (Å²) in [6, 6.07) is 6.41. The second-order valence-electron chi connectivity index (χ2n) is 4.16. The molecule has 0 spiro atoms. The number of imidazole rings is 1.